The minimum absolute atomic E-state index is 0. The molecular formula is C20H28IN3O2. The van der Waals surface area contributed by atoms with Crippen molar-refractivity contribution in [1.82, 2.24) is 10.2 Å². The molecule has 5 nitrogen and oxygen atoms in total. The van der Waals surface area contributed by atoms with Crippen LogP contribution in [0, 0.1) is 5.92 Å². The molecule has 0 amide bonds. The molecule has 0 aliphatic carbocycles. The molecule has 1 unspecified atom stereocenters. The predicted octanol–water partition coefficient (Wildman–Crippen LogP) is 3.55. The molecule has 1 N–H and O–H groups in total. The lowest BCUT2D eigenvalue weighted by Crippen LogP contribution is -2.41. The van der Waals surface area contributed by atoms with Crippen LogP contribution in [-0.2, 0) is 17.8 Å². The maximum absolute atomic E-state index is 5.90. The fraction of sp³-hybridized carbons (Fsp3) is 0.450. The Balaban J connectivity index is 0.00000243. The highest BCUT2D eigenvalue weighted by atomic mass is 127. The fourth-order valence-electron chi connectivity index (χ4n) is 3.16. The monoisotopic (exact) mass is 469 g/mol. The zero-order valence-corrected chi connectivity index (χ0v) is 17.6. The number of hydrogen-bond acceptors (Lipinski definition) is 3. The van der Waals surface area contributed by atoms with E-state index >= 15 is 0 Å². The zero-order chi connectivity index (χ0) is 17.3. The van der Waals surface area contributed by atoms with Gasteiger partial charge in [0.05, 0.1) is 19.5 Å². The molecule has 1 aromatic carbocycles. The van der Waals surface area contributed by atoms with Gasteiger partial charge in [-0.1, -0.05) is 30.3 Å². The van der Waals surface area contributed by atoms with Gasteiger partial charge < -0.3 is 19.4 Å². The van der Waals surface area contributed by atoms with Crippen LogP contribution in [0.25, 0.3) is 0 Å². The van der Waals surface area contributed by atoms with Gasteiger partial charge in [-0.25, -0.2) is 0 Å². The third kappa shape index (κ3) is 6.32. The lowest BCUT2D eigenvalue weighted by Gasteiger charge is -2.21. The molecule has 1 aliphatic rings. The van der Waals surface area contributed by atoms with Gasteiger partial charge in [-0.2, -0.15) is 0 Å². The Labute approximate surface area is 172 Å². The molecule has 0 spiro atoms. The number of ether oxygens (including phenoxy) is 1. The van der Waals surface area contributed by atoms with E-state index in [-0.39, 0.29) is 24.0 Å². The molecule has 2 aromatic rings. The third-order valence-corrected chi connectivity index (χ3v) is 4.50. The number of nitrogens with one attached hydrogen (secondary N) is 1. The fourth-order valence-corrected chi connectivity index (χ4v) is 3.16. The van der Waals surface area contributed by atoms with Crippen LogP contribution in [0.1, 0.15) is 17.7 Å². The first-order chi connectivity index (χ1) is 12.3. The number of nitrogens with zero attached hydrogens (tertiary/aromatic N) is 2. The van der Waals surface area contributed by atoms with Crippen molar-refractivity contribution in [3.05, 3.63) is 60.1 Å². The van der Waals surface area contributed by atoms with Crippen LogP contribution in [-0.4, -0.2) is 44.1 Å². The Hall–Kier alpha value is -1.54. The first kappa shape index (κ1) is 20.8. The molecule has 142 valence electrons. The van der Waals surface area contributed by atoms with Crippen LogP contribution in [0.15, 0.2) is 58.1 Å². The van der Waals surface area contributed by atoms with Gasteiger partial charge in [0.25, 0.3) is 0 Å². The standard InChI is InChI=1S/C20H27N3O2.HI/c1-21-20(22-11-9-19-8-5-13-25-19)23-12-10-18(14-23)16-24-15-17-6-3-2-4-7-17;/h2-8,13,18H,9-12,14-16H2,1H3,(H,21,22);1H. The molecular weight excluding hydrogens is 441 g/mol. The van der Waals surface area contributed by atoms with Crippen molar-refractivity contribution in [2.45, 2.75) is 19.4 Å². The van der Waals surface area contributed by atoms with Gasteiger partial charge >= 0.3 is 0 Å². The summed E-state index contributed by atoms with van der Waals surface area (Å²) in [6, 6.07) is 14.3. The van der Waals surface area contributed by atoms with Gasteiger partial charge in [0, 0.05) is 39.0 Å². The molecule has 3 rings (SSSR count). The minimum atomic E-state index is 0. The summed E-state index contributed by atoms with van der Waals surface area (Å²) in [5.74, 6) is 2.53. The number of rotatable bonds is 7. The number of likely N-dealkylation sites (tertiary alicyclic amines) is 1. The maximum atomic E-state index is 5.90. The van der Waals surface area contributed by atoms with Gasteiger partial charge in [0.1, 0.15) is 5.76 Å². The number of furan rings is 1. The lowest BCUT2D eigenvalue weighted by molar-refractivity contribution is 0.0907. The van der Waals surface area contributed by atoms with E-state index in [4.69, 9.17) is 9.15 Å². The van der Waals surface area contributed by atoms with E-state index in [9.17, 15) is 0 Å². The Morgan fingerprint density at radius 1 is 1.27 bits per heavy atom. The Kier molecular flexibility index (Phi) is 8.97. The highest BCUT2D eigenvalue weighted by Gasteiger charge is 2.24. The molecule has 0 bridgehead atoms. The number of aliphatic imine (C=N–C) groups is 1. The molecule has 1 saturated heterocycles. The first-order valence-corrected chi connectivity index (χ1v) is 8.95. The second kappa shape index (κ2) is 11.2. The summed E-state index contributed by atoms with van der Waals surface area (Å²) in [7, 11) is 1.84. The van der Waals surface area contributed by atoms with E-state index in [0.717, 1.165) is 50.8 Å². The largest absolute Gasteiger partial charge is 0.469 e. The summed E-state index contributed by atoms with van der Waals surface area (Å²) >= 11 is 0. The van der Waals surface area contributed by atoms with Crippen molar-refractivity contribution in [2.24, 2.45) is 10.9 Å². The molecule has 1 atom stereocenters. The SMILES string of the molecule is CN=C(NCCc1ccco1)N1CCC(COCc2ccccc2)C1.I. The van der Waals surface area contributed by atoms with Crippen molar-refractivity contribution in [3.8, 4) is 0 Å². The minimum Gasteiger partial charge on any atom is -0.469 e. The molecule has 2 heterocycles. The lowest BCUT2D eigenvalue weighted by atomic mass is 10.1. The summed E-state index contributed by atoms with van der Waals surface area (Å²) in [5.41, 5.74) is 1.23. The van der Waals surface area contributed by atoms with Crippen LogP contribution < -0.4 is 5.32 Å². The summed E-state index contributed by atoms with van der Waals surface area (Å²) < 4.78 is 11.3. The quantitative estimate of drug-likeness (QED) is 0.383. The van der Waals surface area contributed by atoms with E-state index in [0.29, 0.717) is 12.5 Å². The average Bonchev–Trinajstić information content (AvgIpc) is 3.32. The second-order valence-electron chi connectivity index (χ2n) is 6.40. The van der Waals surface area contributed by atoms with Crippen LogP contribution in [0.2, 0.25) is 0 Å². The molecule has 26 heavy (non-hydrogen) atoms. The third-order valence-electron chi connectivity index (χ3n) is 4.50. The second-order valence-corrected chi connectivity index (χ2v) is 6.40. The van der Waals surface area contributed by atoms with Crippen LogP contribution in [0.4, 0.5) is 0 Å². The molecule has 0 saturated carbocycles. The highest BCUT2D eigenvalue weighted by molar-refractivity contribution is 14.0. The Morgan fingerprint density at radius 3 is 2.85 bits per heavy atom. The normalized spacial score (nSPS) is 17.2. The van der Waals surface area contributed by atoms with Crippen LogP contribution >= 0.6 is 24.0 Å². The van der Waals surface area contributed by atoms with Gasteiger partial charge in [-0.05, 0) is 24.1 Å². The van der Waals surface area contributed by atoms with E-state index in [1.54, 1.807) is 6.26 Å². The summed E-state index contributed by atoms with van der Waals surface area (Å²) in [5, 5.41) is 3.43. The summed E-state index contributed by atoms with van der Waals surface area (Å²) in [6.07, 6.45) is 3.72. The number of halogens is 1. The maximum Gasteiger partial charge on any atom is 0.193 e. The zero-order valence-electron chi connectivity index (χ0n) is 15.3. The van der Waals surface area contributed by atoms with Crippen molar-refractivity contribution in [2.75, 3.05) is 33.3 Å². The molecule has 6 heteroatoms. The number of guanidine groups is 1. The van der Waals surface area contributed by atoms with Crippen LogP contribution in [0.5, 0.6) is 0 Å². The summed E-state index contributed by atoms with van der Waals surface area (Å²) in [6.45, 7) is 4.34. The van der Waals surface area contributed by atoms with Gasteiger partial charge in [-0.15, -0.1) is 24.0 Å². The first-order valence-electron chi connectivity index (χ1n) is 8.95. The van der Waals surface area contributed by atoms with Gasteiger partial charge in [0.15, 0.2) is 5.96 Å². The molecule has 1 aliphatic heterocycles. The predicted molar refractivity (Wildman–Crippen MR) is 115 cm³/mol. The van der Waals surface area contributed by atoms with E-state index in [1.807, 2.05) is 37.4 Å². The van der Waals surface area contributed by atoms with Crippen molar-refractivity contribution in [3.63, 3.8) is 0 Å². The van der Waals surface area contributed by atoms with Crippen molar-refractivity contribution >= 4 is 29.9 Å². The molecule has 0 radical (unpaired) electrons. The van der Waals surface area contributed by atoms with Crippen LogP contribution in [0.3, 0.4) is 0 Å². The van der Waals surface area contributed by atoms with E-state index < -0.39 is 0 Å². The number of hydrogen-bond donors (Lipinski definition) is 1. The Morgan fingerprint density at radius 2 is 2.12 bits per heavy atom. The number of benzene rings is 1. The Bertz CT molecular complexity index is 646. The average molecular weight is 469 g/mol. The van der Waals surface area contributed by atoms with E-state index in [2.05, 4.69) is 27.3 Å². The van der Waals surface area contributed by atoms with Crippen molar-refractivity contribution < 1.29 is 9.15 Å². The topological polar surface area (TPSA) is 50.0 Å². The van der Waals surface area contributed by atoms with Crippen molar-refractivity contribution in [1.29, 1.82) is 0 Å². The molecule has 1 aromatic heterocycles. The van der Waals surface area contributed by atoms with E-state index in [1.165, 1.54) is 5.56 Å². The highest BCUT2D eigenvalue weighted by Crippen LogP contribution is 2.17. The molecule has 1 fully saturated rings. The van der Waals surface area contributed by atoms with Gasteiger partial charge in [-0.3, -0.25) is 4.99 Å². The smallest absolute Gasteiger partial charge is 0.193 e. The summed E-state index contributed by atoms with van der Waals surface area (Å²) in [4.78, 5) is 6.73. The van der Waals surface area contributed by atoms with Gasteiger partial charge in [0.2, 0.25) is 0 Å².